The van der Waals surface area contributed by atoms with E-state index in [4.69, 9.17) is 15.2 Å². The second-order valence-electron chi connectivity index (χ2n) is 5.60. The molecular weight excluding hydrogens is 332 g/mol. The van der Waals surface area contributed by atoms with Gasteiger partial charge in [-0.15, -0.1) is 0 Å². The molecule has 1 heterocycles. The van der Waals surface area contributed by atoms with E-state index in [0.717, 1.165) is 54.5 Å². The number of likely N-dealkylation sites (tertiary alicyclic amines) is 1. The smallest absolute Gasteiger partial charge is 0.161 e. The minimum Gasteiger partial charge on any atom is -0.493 e. The Hall–Kier alpha value is -0.780. The van der Waals surface area contributed by atoms with E-state index in [0.29, 0.717) is 0 Å². The summed E-state index contributed by atoms with van der Waals surface area (Å²) in [6.45, 7) is 4.04. The predicted molar refractivity (Wildman–Crippen MR) is 88.9 cm³/mol. The summed E-state index contributed by atoms with van der Waals surface area (Å²) in [6.07, 6.45) is 3.66. The van der Waals surface area contributed by atoms with Crippen molar-refractivity contribution in [1.29, 1.82) is 0 Å². The highest BCUT2D eigenvalue weighted by Crippen LogP contribution is 2.34. The van der Waals surface area contributed by atoms with Crippen molar-refractivity contribution in [2.45, 2.75) is 25.8 Å². The van der Waals surface area contributed by atoms with E-state index >= 15 is 0 Å². The van der Waals surface area contributed by atoms with Gasteiger partial charge >= 0.3 is 0 Å². The summed E-state index contributed by atoms with van der Waals surface area (Å²) in [7, 11) is 3.33. The van der Waals surface area contributed by atoms with Gasteiger partial charge in [-0.1, -0.05) is 15.9 Å². The Balaban J connectivity index is 2.00. The summed E-state index contributed by atoms with van der Waals surface area (Å²) < 4.78 is 11.8. The molecule has 1 aliphatic rings. The lowest BCUT2D eigenvalue weighted by Crippen LogP contribution is -2.33. The van der Waals surface area contributed by atoms with Crippen molar-refractivity contribution in [1.82, 2.24) is 4.90 Å². The normalized spacial score (nSPS) is 17.0. The largest absolute Gasteiger partial charge is 0.493 e. The Labute approximate surface area is 135 Å². The summed E-state index contributed by atoms with van der Waals surface area (Å²) in [6, 6.07) is 4.05. The van der Waals surface area contributed by atoms with Gasteiger partial charge in [-0.25, -0.2) is 0 Å². The fourth-order valence-corrected chi connectivity index (χ4v) is 3.38. The van der Waals surface area contributed by atoms with Crippen molar-refractivity contribution in [3.8, 4) is 11.5 Å². The standard InChI is InChI=1S/C16H25BrN2O2/c1-20-15-9-13(14(17)10-16(15)21-2)11-19-7-4-12(3-6-18)5-8-19/h9-10,12H,3-8,11,18H2,1-2H3. The van der Waals surface area contributed by atoms with Crippen LogP contribution >= 0.6 is 15.9 Å². The van der Waals surface area contributed by atoms with E-state index in [2.05, 4.69) is 26.9 Å². The lowest BCUT2D eigenvalue weighted by atomic mass is 9.93. The second kappa shape index (κ2) is 8.01. The van der Waals surface area contributed by atoms with E-state index in [1.165, 1.54) is 18.4 Å². The van der Waals surface area contributed by atoms with Gasteiger partial charge < -0.3 is 15.2 Å². The number of methoxy groups -OCH3 is 2. The summed E-state index contributed by atoms with van der Waals surface area (Å²) in [5, 5.41) is 0. The quantitative estimate of drug-likeness (QED) is 0.850. The molecule has 1 fully saturated rings. The molecule has 118 valence electrons. The molecule has 2 rings (SSSR count). The van der Waals surface area contributed by atoms with Gasteiger partial charge in [0.2, 0.25) is 0 Å². The van der Waals surface area contributed by atoms with Crippen LogP contribution in [0.5, 0.6) is 11.5 Å². The number of halogens is 1. The minimum atomic E-state index is 0.759. The van der Waals surface area contributed by atoms with Crippen LogP contribution in [0.1, 0.15) is 24.8 Å². The van der Waals surface area contributed by atoms with Gasteiger partial charge in [0.05, 0.1) is 14.2 Å². The third kappa shape index (κ3) is 4.34. The molecule has 0 saturated carbocycles. The van der Waals surface area contributed by atoms with Gasteiger partial charge in [-0.2, -0.15) is 0 Å². The summed E-state index contributed by atoms with van der Waals surface area (Å²) >= 11 is 3.64. The average molecular weight is 357 g/mol. The molecule has 1 aromatic carbocycles. The number of piperidine rings is 1. The van der Waals surface area contributed by atoms with Gasteiger partial charge in [-0.05, 0) is 62.5 Å². The Morgan fingerprint density at radius 3 is 2.38 bits per heavy atom. The summed E-state index contributed by atoms with van der Waals surface area (Å²) in [5.74, 6) is 2.35. The molecule has 21 heavy (non-hydrogen) atoms. The van der Waals surface area contributed by atoms with Gasteiger partial charge in [0, 0.05) is 11.0 Å². The highest BCUT2D eigenvalue weighted by molar-refractivity contribution is 9.10. The van der Waals surface area contributed by atoms with Crippen LogP contribution < -0.4 is 15.2 Å². The minimum absolute atomic E-state index is 0.759. The van der Waals surface area contributed by atoms with E-state index in [-0.39, 0.29) is 0 Å². The fraction of sp³-hybridized carbons (Fsp3) is 0.625. The van der Waals surface area contributed by atoms with Gasteiger partial charge in [0.1, 0.15) is 0 Å². The molecule has 0 bridgehead atoms. The van der Waals surface area contributed by atoms with Crippen molar-refractivity contribution in [2.24, 2.45) is 11.7 Å². The second-order valence-corrected chi connectivity index (χ2v) is 6.45. The van der Waals surface area contributed by atoms with Crippen molar-refractivity contribution in [3.63, 3.8) is 0 Å². The molecule has 0 aromatic heterocycles. The fourth-order valence-electron chi connectivity index (χ4n) is 2.93. The predicted octanol–water partition coefficient (Wildman–Crippen LogP) is 3.03. The maximum atomic E-state index is 5.65. The zero-order chi connectivity index (χ0) is 15.2. The van der Waals surface area contributed by atoms with Crippen LogP contribution in [-0.4, -0.2) is 38.8 Å². The van der Waals surface area contributed by atoms with Crippen LogP contribution in [-0.2, 0) is 6.54 Å². The van der Waals surface area contributed by atoms with E-state index in [9.17, 15) is 0 Å². The van der Waals surface area contributed by atoms with Gasteiger partial charge in [0.15, 0.2) is 11.5 Å². The SMILES string of the molecule is COc1cc(Br)c(CN2CCC(CCN)CC2)cc1OC. The molecule has 5 heteroatoms. The van der Waals surface area contributed by atoms with Gasteiger partial charge in [0.25, 0.3) is 0 Å². The first-order chi connectivity index (χ1) is 10.2. The van der Waals surface area contributed by atoms with Crippen LogP contribution in [0, 0.1) is 5.92 Å². The number of nitrogens with two attached hydrogens (primary N) is 1. The van der Waals surface area contributed by atoms with Crippen molar-refractivity contribution in [3.05, 3.63) is 22.2 Å². The zero-order valence-corrected chi connectivity index (χ0v) is 14.5. The molecule has 0 amide bonds. The van der Waals surface area contributed by atoms with Crippen LogP contribution in [0.15, 0.2) is 16.6 Å². The Morgan fingerprint density at radius 1 is 1.19 bits per heavy atom. The molecule has 1 saturated heterocycles. The molecule has 0 atom stereocenters. The van der Waals surface area contributed by atoms with Crippen LogP contribution in [0.4, 0.5) is 0 Å². The first-order valence-corrected chi connectivity index (χ1v) is 8.30. The monoisotopic (exact) mass is 356 g/mol. The Kier molecular flexibility index (Phi) is 6.33. The summed E-state index contributed by atoms with van der Waals surface area (Å²) in [4.78, 5) is 2.50. The number of ether oxygens (including phenoxy) is 2. The van der Waals surface area contributed by atoms with Crippen molar-refractivity contribution in [2.75, 3.05) is 33.9 Å². The molecule has 0 spiro atoms. The third-order valence-electron chi connectivity index (χ3n) is 4.23. The first-order valence-electron chi connectivity index (χ1n) is 7.50. The number of hydrogen-bond donors (Lipinski definition) is 1. The molecule has 0 unspecified atom stereocenters. The van der Waals surface area contributed by atoms with Crippen LogP contribution in [0.2, 0.25) is 0 Å². The maximum absolute atomic E-state index is 5.65. The third-order valence-corrected chi connectivity index (χ3v) is 4.97. The van der Waals surface area contributed by atoms with Crippen LogP contribution in [0.25, 0.3) is 0 Å². The molecule has 0 aliphatic carbocycles. The molecule has 2 N–H and O–H groups in total. The molecule has 1 aliphatic heterocycles. The zero-order valence-electron chi connectivity index (χ0n) is 12.9. The lowest BCUT2D eigenvalue weighted by Gasteiger charge is -2.32. The topological polar surface area (TPSA) is 47.7 Å². The highest BCUT2D eigenvalue weighted by atomic mass is 79.9. The molecular formula is C16H25BrN2O2. The molecule has 1 aromatic rings. The van der Waals surface area contributed by atoms with E-state index < -0.39 is 0 Å². The number of nitrogens with zero attached hydrogens (tertiary/aromatic N) is 1. The lowest BCUT2D eigenvalue weighted by molar-refractivity contribution is 0.173. The average Bonchev–Trinajstić information content (AvgIpc) is 2.51. The molecule has 0 radical (unpaired) electrons. The van der Waals surface area contributed by atoms with Crippen molar-refractivity contribution >= 4 is 15.9 Å². The summed E-state index contributed by atoms with van der Waals surface area (Å²) in [5.41, 5.74) is 6.89. The first kappa shape index (κ1) is 16.6. The van der Waals surface area contributed by atoms with Crippen LogP contribution in [0.3, 0.4) is 0 Å². The maximum Gasteiger partial charge on any atom is 0.161 e. The Morgan fingerprint density at radius 2 is 1.81 bits per heavy atom. The number of benzene rings is 1. The number of rotatable bonds is 6. The van der Waals surface area contributed by atoms with E-state index in [1.54, 1.807) is 14.2 Å². The van der Waals surface area contributed by atoms with E-state index in [1.807, 2.05) is 6.07 Å². The van der Waals surface area contributed by atoms with Crippen molar-refractivity contribution < 1.29 is 9.47 Å². The molecule has 4 nitrogen and oxygen atoms in total. The van der Waals surface area contributed by atoms with Gasteiger partial charge in [-0.3, -0.25) is 4.90 Å². The highest BCUT2D eigenvalue weighted by Gasteiger charge is 2.20. The Bertz CT molecular complexity index is 460. The number of hydrogen-bond acceptors (Lipinski definition) is 4.